The van der Waals surface area contributed by atoms with E-state index in [0.29, 0.717) is 16.9 Å². The largest absolute Gasteiger partial charge is 0.378 e. The number of carbonyl (C=O) groups is 1. The average molecular weight is 372 g/mol. The molecule has 0 aliphatic heterocycles. The summed E-state index contributed by atoms with van der Waals surface area (Å²) in [6, 6.07) is 15.4. The minimum absolute atomic E-state index is 0.307. The fourth-order valence-corrected chi connectivity index (χ4v) is 3.18. The predicted octanol–water partition coefficient (Wildman–Crippen LogP) is 2.03. The van der Waals surface area contributed by atoms with Gasteiger partial charge in [0.25, 0.3) is 0 Å². The second-order valence-electron chi connectivity index (χ2n) is 5.89. The van der Waals surface area contributed by atoms with Crippen molar-refractivity contribution in [1.29, 1.82) is 5.26 Å². The third-order valence-electron chi connectivity index (χ3n) is 3.66. The van der Waals surface area contributed by atoms with E-state index < -0.39 is 15.9 Å². The molecule has 2 aromatic rings. The van der Waals surface area contributed by atoms with Gasteiger partial charge >= 0.3 is 0 Å². The molecule has 0 unspecified atom stereocenters. The maximum atomic E-state index is 12.4. The van der Waals surface area contributed by atoms with Crippen molar-refractivity contribution < 1.29 is 13.2 Å². The van der Waals surface area contributed by atoms with Gasteiger partial charge in [0.15, 0.2) is 0 Å². The van der Waals surface area contributed by atoms with Crippen LogP contribution in [0.1, 0.15) is 5.56 Å². The fourth-order valence-electron chi connectivity index (χ4n) is 2.33. The number of rotatable bonds is 6. The lowest BCUT2D eigenvalue weighted by Gasteiger charge is -2.23. The molecule has 0 bridgehead atoms. The average Bonchev–Trinajstić information content (AvgIpc) is 2.59. The number of nitrogens with zero attached hydrogens (tertiary/aromatic N) is 3. The molecule has 0 fully saturated rings. The van der Waals surface area contributed by atoms with Crippen molar-refractivity contribution in [2.75, 3.05) is 41.4 Å². The summed E-state index contributed by atoms with van der Waals surface area (Å²) in [6.07, 6.45) is 1.05. The van der Waals surface area contributed by atoms with Gasteiger partial charge in [0.1, 0.15) is 12.6 Å². The summed E-state index contributed by atoms with van der Waals surface area (Å²) in [5.41, 5.74) is 1.95. The van der Waals surface area contributed by atoms with E-state index in [1.165, 1.54) is 0 Å². The first-order valence-electron chi connectivity index (χ1n) is 7.76. The number of carbonyl (C=O) groups excluding carboxylic acids is 1. The lowest BCUT2D eigenvalue weighted by Crippen LogP contribution is -2.37. The summed E-state index contributed by atoms with van der Waals surface area (Å²) in [5, 5.41) is 11.7. The van der Waals surface area contributed by atoms with Crippen molar-refractivity contribution in [1.82, 2.24) is 0 Å². The Hall–Kier alpha value is -3.05. The van der Waals surface area contributed by atoms with Crippen LogP contribution in [0.3, 0.4) is 0 Å². The van der Waals surface area contributed by atoms with E-state index in [1.54, 1.807) is 48.5 Å². The maximum absolute atomic E-state index is 12.4. The van der Waals surface area contributed by atoms with Crippen LogP contribution < -0.4 is 14.5 Å². The molecule has 0 saturated carbocycles. The normalized spacial score (nSPS) is 10.7. The monoisotopic (exact) mass is 372 g/mol. The van der Waals surface area contributed by atoms with Crippen molar-refractivity contribution in [2.24, 2.45) is 0 Å². The molecule has 0 heterocycles. The molecule has 1 N–H and O–H groups in total. The van der Waals surface area contributed by atoms with Crippen LogP contribution in [0.4, 0.5) is 17.1 Å². The zero-order valence-corrected chi connectivity index (χ0v) is 15.6. The zero-order valence-electron chi connectivity index (χ0n) is 14.8. The van der Waals surface area contributed by atoms with Gasteiger partial charge in [-0.3, -0.25) is 9.10 Å². The topological polar surface area (TPSA) is 93.5 Å². The van der Waals surface area contributed by atoms with Crippen LogP contribution in [0.25, 0.3) is 0 Å². The lowest BCUT2D eigenvalue weighted by atomic mass is 10.2. The van der Waals surface area contributed by atoms with Gasteiger partial charge in [0, 0.05) is 19.8 Å². The minimum atomic E-state index is -3.66. The number of anilines is 3. The molecular formula is C18H20N4O3S. The number of nitrogens with one attached hydrogen (secondary N) is 1. The molecule has 0 saturated heterocycles. The zero-order chi connectivity index (χ0) is 19.3. The van der Waals surface area contributed by atoms with Crippen molar-refractivity contribution >= 4 is 33.0 Å². The number of hydrogen-bond donors (Lipinski definition) is 1. The SMILES string of the molecule is CN(C)c1ccc(N(CC(=O)Nc2ccccc2C#N)S(C)(=O)=O)cc1. The van der Waals surface area contributed by atoms with Crippen molar-refractivity contribution in [3.8, 4) is 6.07 Å². The quantitative estimate of drug-likeness (QED) is 0.837. The molecule has 1 amide bonds. The third-order valence-corrected chi connectivity index (χ3v) is 4.80. The van der Waals surface area contributed by atoms with Gasteiger partial charge in [0.05, 0.1) is 23.2 Å². The summed E-state index contributed by atoms with van der Waals surface area (Å²) in [6.45, 7) is -0.389. The van der Waals surface area contributed by atoms with Crippen LogP contribution in [0, 0.1) is 11.3 Å². The third kappa shape index (κ3) is 4.74. The van der Waals surface area contributed by atoms with Crippen molar-refractivity contribution in [2.45, 2.75) is 0 Å². The highest BCUT2D eigenvalue weighted by molar-refractivity contribution is 7.92. The van der Waals surface area contributed by atoms with Gasteiger partial charge in [0.2, 0.25) is 15.9 Å². The van der Waals surface area contributed by atoms with Crippen LogP contribution in [-0.2, 0) is 14.8 Å². The fraction of sp³-hybridized carbons (Fsp3) is 0.222. The van der Waals surface area contributed by atoms with Crippen LogP contribution in [0.15, 0.2) is 48.5 Å². The van der Waals surface area contributed by atoms with Gasteiger partial charge in [-0.15, -0.1) is 0 Å². The van der Waals surface area contributed by atoms with Crippen molar-refractivity contribution in [3.05, 3.63) is 54.1 Å². The second-order valence-corrected chi connectivity index (χ2v) is 7.79. The molecule has 0 spiro atoms. The molecule has 2 rings (SSSR count). The Kier molecular flexibility index (Phi) is 5.85. The molecule has 8 heteroatoms. The van der Waals surface area contributed by atoms with E-state index in [0.717, 1.165) is 16.2 Å². The molecular weight excluding hydrogens is 352 g/mol. The van der Waals surface area contributed by atoms with Gasteiger partial charge in [-0.1, -0.05) is 12.1 Å². The number of benzene rings is 2. The Morgan fingerprint density at radius 1 is 1.08 bits per heavy atom. The number of sulfonamides is 1. The molecule has 0 radical (unpaired) electrons. The highest BCUT2D eigenvalue weighted by atomic mass is 32.2. The Morgan fingerprint density at radius 3 is 2.19 bits per heavy atom. The van der Waals surface area contributed by atoms with Crippen LogP contribution in [0.2, 0.25) is 0 Å². The first-order chi connectivity index (χ1) is 12.2. The van der Waals surface area contributed by atoms with E-state index >= 15 is 0 Å². The van der Waals surface area contributed by atoms with Gasteiger partial charge in [-0.2, -0.15) is 5.26 Å². The summed E-state index contributed by atoms with van der Waals surface area (Å²) >= 11 is 0. The van der Waals surface area contributed by atoms with Crippen molar-refractivity contribution in [3.63, 3.8) is 0 Å². The lowest BCUT2D eigenvalue weighted by molar-refractivity contribution is -0.114. The number of nitriles is 1. The smallest absolute Gasteiger partial charge is 0.245 e. The van der Waals surface area contributed by atoms with Gasteiger partial charge < -0.3 is 10.2 Å². The number of hydrogen-bond acceptors (Lipinski definition) is 5. The standard InChI is InChI=1S/C18H20N4O3S/c1-21(2)15-8-10-16(11-9-15)22(26(3,24)25)13-18(23)20-17-7-5-4-6-14(17)12-19/h4-11H,13H2,1-3H3,(H,20,23). The molecule has 7 nitrogen and oxygen atoms in total. The summed E-state index contributed by atoms with van der Waals surface area (Å²) < 4.78 is 25.3. The second kappa shape index (κ2) is 7.89. The molecule has 0 aromatic heterocycles. The molecule has 0 aliphatic rings. The van der Waals surface area contributed by atoms with E-state index in [2.05, 4.69) is 5.32 Å². The van der Waals surface area contributed by atoms with Gasteiger partial charge in [-0.05, 0) is 36.4 Å². The highest BCUT2D eigenvalue weighted by Gasteiger charge is 2.21. The van der Waals surface area contributed by atoms with E-state index in [4.69, 9.17) is 5.26 Å². The van der Waals surface area contributed by atoms with Crippen LogP contribution >= 0.6 is 0 Å². The Morgan fingerprint density at radius 2 is 1.65 bits per heavy atom. The van der Waals surface area contributed by atoms with E-state index in [-0.39, 0.29) is 6.54 Å². The summed E-state index contributed by atoms with van der Waals surface area (Å²) in [4.78, 5) is 14.2. The first-order valence-corrected chi connectivity index (χ1v) is 9.61. The summed E-state index contributed by atoms with van der Waals surface area (Å²) in [5.74, 6) is -0.533. The summed E-state index contributed by atoms with van der Waals surface area (Å²) in [7, 11) is 0.0966. The minimum Gasteiger partial charge on any atom is -0.378 e. The van der Waals surface area contributed by atoms with Crippen LogP contribution in [0.5, 0.6) is 0 Å². The molecule has 26 heavy (non-hydrogen) atoms. The number of para-hydroxylation sites is 1. The Bertz CT molecular complexity index is 932. The molecule has 0 atom stereocenters. The Balaban J connectivity index is 2.23. The highest BCUT2D eigenvalue weighted by Crippen LogP contribution is 2.22. The molecule has 0 aliphatic carbocycles. The van der Waals surface area contributed by atoms with E-state index in [9.17, 15) is 13.2 Å². The van der Waals surface area contributed by atoms with E-state index in [1.807, 2.05) is 25.1 Å². The van der Waals surface area contributed by atoms with Gasteiger partial charge in [-0.25, -0.2) is 8.42 Å². The predicted molar refractivity (Wildman–Crippen MR) is 103 cm³/mol. The number of amides is 1. The Labute approximate surface area is 153 Å². The van der Waals surface area contributed by atoms with Crippen LogP contribution in [-0.4, -0.2) is 41.2 Å². The maximum Gasteiger partial charge on any atom is 0.245 e. The first kappa shape index (κ1) is 19.3. The molecule has 136 valence electrons. The molecule has 2 aromatic carbocycles.